The molecule has 0 bridgehead atoms. The van der Waals surface area contributed by atoms with Crippen molar-refractivity contribution in [1.82, 2.24) is 10.8 Å². The Morgan fingerprint density at radius 1 is 1.60 bits per heavy atom. The van der Waals surface area contributed by atoms with Crippen LogP contribution in [0.25, 0.3) is 0 Å². The van der Waals surface area contributed by atoms with Gasteiger partial charge < -0.3 is 10.2 Å². The second kappa shape index (κ2) is 6.51. The lowest BCUT2D eigenvalue weighted by Gasteiger charge is -2.02. The number of carbonyl (C=O) groups excluding carboxylic acids is 1. The first-order valence-electron chi connectivity index (χ1n) is 3.33. The Morgan fingerprint density at radius 3 is 2.80 bits per heavy atom. The van der Waals surface area contributed by atoms with Gasteiger partial charge in [-0.05, 0) is 6.42 Å². The molecule has 4 heteroatoms. The van der Waals surface area contributed by atoms with Crippen LogP contribution in [0.4, 0.5) is 0 Å². The molecule has 0 atom stereocenters. The van der Waals surface area contributed by atoms with Crippen LogP contribution >= 0.6 is 0 Å². The van der Waals surface area contributed by atoms with E-state index in [2.05, 4.69) is 15.6 Å². The Bertz CT molecular complexity index is 85.7. The zero-order valence-electron chi connectivity index (χ0n) is 6.44. The van der Waals surface area contributed by atoms with Crippen LogP contribution in [-0.4, -0.2) is 26.1 Å². The molecule has 0 unspecified atom stereocenters. The molecule has 0 aliphatic rings. The Hall–Kier alpha value is -0.610. The molecule has 0 aliphatic carbocycles. The largest absolute Gasteiger partial charge is 0.355 e. The minimum absolute atomic E-state index is 0.0382. The minimum atomic E-state index is -0.0382. The third kappa shape index (κ3) is 5.53. The summed E-state index contributed by atoms with van der Waals surface area (Å²) in [6, 6.07) is 0. The maximum atomic E-state index is 10.7. The Labute approximate surface area is 60.9 Å². The SMILES string of the molecule is CCCNC(=O)CNOC. The highest BCUT2D eigenvalue weighted by Gasteiger charge is 1.95. The van der Waals surface area contributed by atoms with E-state index < -0.39 is 0 Å². The molecule has 0 aromatic heterocycles. The van der Waals surface area contributed by atoms with Gasteiger partial charge in [-0.25, -0.2) is 0 Å². The van der Waals surface area contributed by atoms with Crippen LogP contribution < -0.4 is 10.8 Å². The van der Waals surface area contributed by atoms with E-state index in [0.717, 1.165) is 13.0 Å². The van der Waals surface area contributed by atoms with Gasteiger partial charge in [-0.15, -0.1) is 0 Å². The number of hydrogen-bond acceptors (Lipinski definition) is 3. The van der Waals surface area contributed by atoms with E-state index in [4.69, 9.17) is 0 Å². The number of carbonyl (C=O) groups is 1. The molecule has 0 saturated heterocycles. The summed E-state index contributed by atoms with van der Waals surface area (Å²) in [5.41, 5.74) is 2.44. The first kappa shape index (κ1) is 9.39. The third-order valence-corrected chi connectivity index (χ3v) is 0.949. The molecule has 0 aromatic carbocycles. The summed E-state index contributed by atoms with van der Waals surface area (Å²) < 4.78 is 0. The van der Waals surface area contributed by atoms with Crippen LogP contribution in [0.5, 0.6) is 0 Å². The molecule has 60 valence electrons. The number of hydroxylamine groups is 1. The predicted molar refractivity (Wildman–Crippen MR) is 38.3 cm³/mol. The molecule has 0 rings (SSSR count). The van der Waals surface area contributed by atoms with E-state index in [1.165, 1.54) is 7.11 Å². The fourth-order valence-electron chi connectivity index (χ4n) is 0.465. The molecular weight excluding hydrogens is 132 g/mol. The van der Waals surface area contributed by atoms with Crippen molar-refractivity contribution in [2.24, 2.45) is 0 Å². The fraction of sp³-hybridized carbons (Fsp3) is 0.833. The standard InChI is InChI=1S/C6H14N2O2/c1-3-4-7-6(9)5-8-10-2/h8H,3-5H2,1-2H3,(H,7,9). The number of nitrogens with one attached hydrogen (secondary N) is 2. The maximum Gasteiger partial charge on any atom is 0.236 e. The molecule has 1 amide bonds. The van der Waals surface area contributed by atoms with Gasteiger partial charge in [-0.3, -0.25) is 4.79 Å². The lowest BCUT2D eigenvalue weighted by molar-refractivity contribution is -0.122. The van der Waals surface area contributed by atoms with Gasteiger partial charge in [0.25, 0.3) is 0 Å². The quantitative estimate of drug-likeness (QED) is 0.522. The minimum Gasteiger partial charge on any atom is -0.355 e. The summed E-state index contributed by atoms with van der Waals surface area (Å²) in [6.07, 6.45) is 0.957. The topological polar surface area (TPSA) is 50.4 Å². The first-order valence-corrected chi connectivity index (χ1v) is 3.33. The summed E-state index contributed by atoms with van der Waals surface area (Å²) in [5.74, 6) is -0.0382. The van der Waals surface area contributed by atoms with E-state index in [1.807, 2.05) is 6.92 Å². The van der Waals surface area contributed by atoms with Crippen LogP contribution in [0.2, 0.25) is 0 Å². The Morgan fingerprint density at radius 2 is 2.30 bits per heavy atom. The molecule has 0 spiro atoms. The van der Waals surface area contributed by atoms with Crippen molar-refractivity contribution in [1.29, 1.82) is 0 Å². The van der Waals surface area contributed by atoms with Crippen LogP contribution in [0.15, 0.2) is 0 Å². The molecule has 0 aliphatic heterocycles. The van der Waals surface area contributed by atoms with Crippen LogP contribution in [0.1, 0.15) is 13.3 Å². The summed E-state index contributed by atoms with van der Waals surface area (Å²) >= 11 is 0. The second-order valence-electron chi connectivity index (χ2n) is 1.88. The molecule has 0 radical (unpaired) electrons. The van der Waals surface area contributed by atoms with E-state index in [1.54, 1.807) is 0 Å². The van der Waals surface area contributed by atoms with Gasteiger partial charge in [0.05, 0.1) is 13.7 Å². The molecule has 4 nitrogen and oxygen atoms in total. The monoisotopic (exact) mass is 146 g/mol. The van der Waals surface area contributed by atoms with E-state index >= 15 is 0 Å². The van der Waals surface area contributed by atoms with Crippen molar-refractivity contribution in [2.75, 3.05) is 20.2 Å². The maximum absolute atomic E-state index is 10.7. The molecule has 0 fully saturated rings. The molecule has 0 heterocycles. The summed E-state index contributed by atoms with van der Waals surface area (Å²) in [7, 11) is 1.48. The van der Waals surface area contributed by atoms with Gasteiger partial charge in [0.15, 0.2) is 0 Å². The summed E-state index contributed by atoms with van der Waals surface area (Å²) in [6.45, 7) is 2.95. The molecule has 0 aromatic rings. The zero-order chi connectivity index (χ0) is 7.82. The van der Waals surface area contributed by atoms with Crippen molar-refractivity contribution in [3.63, 3.8) is 0 Å². The molecular formula is C6H14N2O2. The van der Waals surface area contributed by atoms with Crippen LogP contribution in [0.3, 0.4) is 0 Å². The second-order valence-corrected chi connectivity index (χ2v) is 1.88. The molecule has 2 N–H and O–H groups in total. The smallest absolute Gasteiger partial charge is 0.236 e. The molecule has 10 heavy (non-hydrogen) atoms. The number of amides is 1. The first-order chi connectivity index (χ1) is 4.81. The van der Waals surface area contributed by atoms with Crippen molar-refractivity contribution < 1.29 is 9.63 Å². The Kier molecular flexibility index (Phi) is 6.11. The highest BCUT2D eigenvalue weighted by atomic mass is 16.6. The molecule has 0 saturated carbocycles. The lowest BCUT2D eigenvalue weighted by Crippen LogP contribution is -2.33. The van der Waals surface area contributed by atoms with E-state index in [-0.39, 0.29) is 12.5 Å². The average molecular weight is 146 g/mol. The average Bonchev–Trinajstić information content (AvgIpc) is 1.97. The number of hydrogen-bond donors (Lipinski definition) is 2. The fourth-order valence-corrected chi connectivity index (χ4v) is 0.465. The van der Waals surface area contributed by atoms with Crippen molar-refractivity contribution >= 4 is 5.91 Å². The summed E-state index contributed by atoms with van der Waals surface area (Å²) in [5, 5.41) is 2.69. The van der Waals surface area contributed by atoms with Crippen molar-refractivity contribution in [2.45, 2.75) is 13.3 Å². The Balaban J connectivity index is 3.09. The van der Waals surface area contributed by atoms with Crippen molar-refractivity contribution in [3.05, 3.63) is 0 Å². The van der Waals surface area contributed by atoms with Crippen LogP contribution in [-0.2, 0) is 9.63 Å². The van der Waals surface area contributed by atoms with Crippen molar-refractivity contribution in [3.8, 4) is 0 Å². The zero-order valence-corrected chi connectivity index (χ0v) is 6.44. The highest BCUT2D eigenvalue weighted by molar-refractivity contribution is 5.77. The van der Waals surface area contributed by atoms with Gasteiger partial charge in [0, 0.05) is 6.54 Å². The number of rotatable bonds is 5. The van der Waals surface area contributed by atoms with E-state index in [0.29, 0.717) is 0 Å². The van der Waals surface area contributed by atoms with Gasteiger partial charge in [0.2, 0.25) is 5.91 Å². The van der Waals surface area contributed by atoms with Gasteiger partial charge in [0.1, 0.15) is 0 Å². The predicted octanol–water partition coefficient (Wildman–Crippen LogP) is -0.336. The van der Waals surface area contributed by atoms with E-state index in [9.17, 15) is 4.79 Å². The normalized spacial score (nSPS) is 9.40. The lowest BCUT2D eigenvalue weighted by atomic mass is 10.4. The van der Waals surface area contributed by atoms with Gasteiger partial charge >= 0.3 is 0 Å². The van der Waals surface area contributed by atoms with Crippen LogP contribution in [0, 0.1) is 0 Å². The van der Waals surface area contributed by atoms with Gasteiger partial charge in [-0.1, -0.05) is 6.92 Å². The summed E-state index contributed by atoms with van der Waals surface area (Å²) in [4.78, 5) is 15.2. The highest BCUT2D eigenvalue weighted by Crippen LogP contribution is 1.69. The van der Waals surface area contributed by atoms with Gasteiger partial charge in [-0.2, -0.15) is 5.48 Å². The third-order valence-electron chi connectivity index (χ3n) is 0.949.